The molecule has 0 aromatic heterocycles. The monoisotopic (exact) mass is 434 g/mol. The molecule has 0 saturated heterocycles. The lowest BCUT2D eigenvalue weighted by Gasteiger charge is -2.33. The summed E-state index contributed by atoms with van der Waals surface area (Å²) in [6, 6.07) is 16.2. The Morgan fingerprint density at radius 1 is 0.935 bits per heavy atom. The van der Waals surface area contributed by atoms with Crippen LogP contribution in [0.15, 0.2) is 64.0 Å². The van der Waals surface area contributed by atoms with E-state index in [1.807, 2.05) is 62.5 Å². The highest BCUT2D eigenvalue weighted by Crippen LogP contribution is 2.40. The maximum atomic E-state index is 13.6. The van der Waals surface area contributed by atoms with Gasteiger partial charge in [-0.15, -0.1) is 0 Å². The van der Waals surface area contributed by atoms with E-state index in [4.69, 9.17) is 0 Å². The van der Waals surface area contributed by atoms with Crippen LogP contribution >= 0.6 is 11.8 Å². The van der Waals surface area contributed by atoms with Gasteiger partial charge in [-0.05, 0) is 56.0 Å². The summed E-state index contributed by atoms with van der Waals surface area (Å²) in [4.78, 5) is 32.1. The Labute approximate surface area is 189 Å². The molecular weight excluding hydrogens is 404 g/mol. The van der Waals surface area contributed by atoms with Gasteiger partial charge in [0.05, 0.1) is 5.69 Å². The first-order chi connectivity index (χ1) is 15.0. The van der Waals surface area contributed by atoms with Crippen LogP contribution in [0.4, 0.5) is 5.69 Å². The molecule has 1 aliphatic heterocycles. The number of likely N-dealkylation sites (N-methyl/N-ethyl adjacent to an activating group) is 1. The highest BCUT2D eigenvalue weighted by atomic mass is 32.2. The van der Waals surface area contributed by atoms with Crippen molar-refractivity contribution in [3.8, 4) is 0 Å². The van der Waals surface area contributed by atoms with Crippen molar-refractivity contribution in [2.24, 2.45) is 0 Å². The average molecular weight is 435 g/mol. The highest BCUT2D eigenvalue weighted by Gasteiger charge is 2.43. The number of benzene rings is 2. The smallest absolute Gasteiger partial charge is 0.283 e. The van der Waals surface area contributed by atoms with Gasteiger partial charge in [-0.1, -0.05) is 67.8 Å². The van der Waals surface area contributed by atoms with Crippen molar-refractivity contribution in [3.05, 3.63) is 70.3 Å². The number of carbonyl (C=O) groups is 2. The van der Waals surface area contributed by atoms with E-state index in [-0.39, 0.29) is 11.8 Å². The van der Waals surface area contributed by atoms with Crippen LogP contribution in [0.25, 0.3) is 0 Å². The summed E-state index contributed by atoms with van der Waals surface area (Å²) in [7, 11) is 1.98. The van der Waals surface area contributed by atoms with Gasteiger partial charge in [0.1, 0.15) is 10.6 Å². The highest BCUT2D eigenvalue weighted by molar-refractivity contribution is 8.04. The number of thioether (sulfide) groups is 1. The minimum atomic E-state index is -0.225. The molecule has 1 fully saturated rings. The molecule has 0 N–H and O–H groups in total. The molecule has 2 aromatic carbocycles. The molecule has 4 rings (SSSR count). The molecule has 4 nitrogen and oxygen atoms in total. The average Bonchev–Trinajstić information content (AvgIpc) is 3.04. The third-order valence-corrected chi connectivity index (χ3v) is 7.42. The van der Waals surface area contributed by atoms with Crippen molar-refractivity contribution in [3.63, 3.8) is 0 Å². The van der Waals surface area contributed by atoms with Crippen LogP contribution in [0, 0.1) is 6.92 Å². The van der Waals surface area contributed by atoms with Gasteiger partial charge in [-0.3, -0.25) is 9.59 Å². The number of nitrogens with zero attached hydrogens (tertiary/aromatic N) is 2. The molecule has 2 amide bonds. The zero-order valence-electron chi connectivity index (χ0n) is 18.6. The van der Waals surface area contributed by atoms with Crippen molar-refractivity contribution < 1.29 is 9.59 Å². The van der Waals surface area contributed by atoms with E-state index in [2.05, 4.69) is 11.8 Å². The SMILES string of the molecule is CCc1ccc(N2C(=O)C(Sc3ccc(C)cc3)=C(N(C)C3CCCCC3)C2=O)cc1. The molecule has 0 radical (unpaired) electrons. The Kier molecular flexibility index (Phi) is 6.51. The summed E-state index contributed by atoms with van der Waals surface area (Å²) in [6.45, 7) is 4.14. The van der Waals surface area contributed by atoms with Gasteiger partial charge in [0.25, 0.3) is 11.8 Å². The largest absolute Gasteiger partial charge is 0.366 e. The number of rotatable bonds is 6. The number of hydrogen-bond acceptors (Lipinski definition) is 4. The van der Waals surface area contributed by atoms with Crippen molar-refractivity contribution in [2.45, 2.75) is 63.3 Å². The summed E-state index contributed by atoms with van der Waals surface area (Å²) in [5.41, 5.74) is 3.54. The molecule has 1 heterocycles. The van der Waals surface area contributed by atoms with Gasteiger partial charge < -0.3 is 4.90 Å². The zero-order chi connectivity index (χ0) is 22.0. The van der Waals surface area contributed by atoms with Gasteiger partial charge in [0, 0.05) is 18.0 Å². The van der Waals surface area contributed by atoms with Crippen LogP contribution in [0.5, 0.6) is 0 Å². The molecule has 0 atom stereocenters. The normalized spacial score (nSPS) is 17.6. The Balaban J connectivity index is 1.71. The van der Waals surface area contributed by atoms with Crippen LogP contribution < -0.4 is 4.90 Å². The number of imide groups is 1. The minimum Gasteiger partial charge on any atom is -0.366 e. The Hall–Kier alpha value is -2.53. The molecule has 31 heavy (non-hydrogen) atoms. The van der Waals surface area contributed by atoms with Crippen LogP contribution in [0.2, 0.25) is 0 Å². The fourth-order valence-electron chi connectivity index (χ4n) is 4.39. The second-order valence-corrected chi connectivity index (χ2v) is 9.55. The summed E-state index contributed by atoms with van der Waals surface area (Å²) >= 11 is 1.40. The molecule has 0 spiro atoms. The zero-order valence-corrected chi connectivity index (χ0v) is 19.4. The van der Waals surface area contributed by atoms with Crippen LogP contribution in [0.3, 0.4) is 0 Å². The third kappa shape index (κ3) is 4.42. The molecule has 0 unspecified atom stereocenters. The van der Waals surface area contributed by atoms with Gasteiger partial charge in [0.2, 0.25) is 0 Å². The lowest BCUT2D eigenvalue weighted by molar-refractivity contribution is -0.121. The number of aryl methyl sites for hydroxylation is 2. The first-order valence-corrected chi connectivity index (χ1v) is 12.0. The molecule has 1 saturated carbocycles. The standard InChI is InChI=1S/C26H30N2O2S/c1-4-19-12-14-21(15-13-19)28-25(29)23(27(3)20-8-6-5-7-9-20)24(26(28)30)31-22-16-10-18(2)11-17-22/h10-17,20H,4-9H2,1-3H3. The third-order valence-electron chi connectivity index (χ3n) is 6.34. The molecular formula is C26H30N2O2S. The predicted molar refractivity (Wildman–Crippen MR) is 127 cm³/mol. The summed E-state index contributed by atoms with van der Waals surface area (Å²) in [5.74, 6) is -0.436. The van der Waals surface area contributed by atoms with Gasteiger partial charge in [-0.2, -0.15) is 0 Å². The fraction of sp³-hybridized carbons (Fsp3) is 0.385. The van der Waals surface area contributed by atoms with Crippen molar-refractivity contribution in [1.29, 1.82) is 0 Å². The maximum absolute atomic E-state index is 13.6. The lowest BCUT2D eigenvalue weighted by atomic mass is 9.94. The molecule has 5 heteroatoms. The van der Waals surface area contributed by atoms with E-state index in [1.54, 1.807) is 0 Å². The maximum Gasteiger partial charge on any atom is 0.283 e. The Bertz CT molecular complexity index is 989. The Morgan fingerprint density at radius 2 is 1.58 bits per heavy atom. The van der Waals surface area contributed by atoms with Crippen molar-refractivity contribution in [1.82, 2.24) is 4.90 Å². The van der Waals surface area contributed by atoms with E-state index in [9.17, 15) is 9.59 Å². The number of hydrogen-bond donors (Lipinski definition) is 0. The van der Waals surface area contributed by atoms with E-state index in [0.717, 1.165) is 24.2 Å². The summed E-state index contributed by atoms with van der Waals surface area (Å²) < 4.78 is 0. The van der Waals surface area contributed by atoms with E-state index >= 15 is 0 Å². The summed E-state index contributed by atoms with van der Waals surface area (Å²) in [6.07, 6.45) is 6.65. The quantitative estimate of drug-likeness (QED) is 0.547. The van der Waals surface area contributed by atoms with Gasteiger partial charge in [0.15, 0.2) is 0 Å². The van der Waals surface area contributed by atoms with E-state index in [1.165, 1.54) is 47.1 Å². The number of carbonyl (C=O) groups excluding carboxylic acids is 2. The predicted octanol–water partition coefficient (Wildman–Crippen LogP) is 5.70. The minimum absolute atomic E-state index is 0.211. The molecule has 2 aliphatic rings. The van der Waals surface area contributed by atoms with Crippen LogP contribution in [-0.2, 0) is 16.0 Å². The molecule has 162 valence electrons. The number of amides is 2. The van der Waals surface area contributed by atoms with Crippen LogP contribution in [0.1, 0.15) is 50.2 Å². The molecule has 2 aromatic rings. The first-order valence-electron chi connectivity index (χ1n) is 11.2. The van der Waals surface area contributed by atoms with E-state index in [0.29, 0.717) is 22.3 Å². The van der Waals surface area contributed by atoms with Crippen molar-refractivity contribution >= 4 is 29.3 Å². The van der Waals surface area contributed by atoms with Gasteiger partial charge in [-0.25, -0.2) is 4.90 Å². The second kappa shape index (κ2) is 9.31. The molecule has 1 aliphatic carbocycles. The van der Waals surface area contributed by atoms with Gasteiger partial charge >= 0.3 is 0 Å². The molecule has 0 bridgehead atoms. The van der Waals surface area contributed by atoms with Crippen molar-refractivity contribution in [2.75, 3.05) is 11.9 Å². The second-order valence-electron chi connectivity index (χ2n) is 8.46. The Morgan fingerprint density at radius 3 is 2.19 bits per heavy atom. The fourth-order valence-corrected chi connectivity index (χ4v) is 5.41. The van der Waals surface area contributed by atoms with Crippen LogP contribution in [-0.4, -0.2) is 29.8 Å². The lowest BCUT2D eigenvalue weighted by Crippen LogP contribution is -2.38. The van der Waals surface area contributed by atoms with E-state index < -0.39 is 0 Å². The summed E-state index contributed by atoms with van der Waals surface area (Å²) in [5, 5.41) is 0. The first kappa shape index (κ1) is 21.7. The number of anilines is 1. The topological polar surface area (TPSA) is 40.6 Å².